The quantitative estimate of drug-likeness (QED) is 0.449. The molecule has 0 spiro atoms. The third kappa shape index (κ3) is 5.10. The monoisotopic (exact) mass is 486 g/mol. The number of methoxy groups -OCH3 is 1. The molecule has 0 radical (unpaired) electrons. The summed E-state index contributed by atoms with van der Waals surface area (Å²) in [6, 6.07) is 14.0. The van der Waals surface area contributed by atoms with E-state index in [9.17, 15) is 13.2 Å². The Kier molecular flexibility index (Phi) is 7.11. The molecule has 2 heterocycles. The highest BCUT2D eigenvalue weighted by molar-refractivity contribution is 7.89. The maximum atomic E-state index is 13.4. The van der Waals surface area contributed by atoms with Crippen LogP contribution in [0.2, 0.25) is 0 Å². The number of carbonyl (C=O) groups excluding carboxylic acids is 1. The molecule has 3 aromatic rings. The van der Waals surface area contributed by atoms with Crippen molar-refractivity contribution < 1.29 is 22.7 Å². The number of esters is 1. The summed E-state index contributed by atoms with van der Waals surface area (Å²) in [4.78, 5) is 17.2. The Morgan fingerprint density at radius 3 is 2.70 bits per heavy atom. The number of rotatable bonds is 7. The minimum atomic E-state index is -3.81. The third-order valence-corrected chi connectivity index (χ3v) is 8.63. The summed E-state index contributed by atoms with van der Waals surface area (Å²) < 4.78 is 38.9. The summed E-state index contributed by atoms with van der Waals surface area (Å²) in [6.07, 6.45) is 2.62. The fourth-order valence-corrected chi connectivity index (χ4v) is 6.56. The average molecular weight is 487 g/mol. The number of nitrogens with zero attached hydrogens (tertiary/aromatic N) is 2. The molecule has 1 aliphatic rings. The highest BCUT2D eigenvalue weighted by atomic mass is 32.2. The van der Waals surface area contributed by atoms with E-state index >= 15 is 0 Å². The molecule has 0 aliphatic carbocycles. The number of sulfonamides is 1. The van der Waals surface area contributed by atoms with Crippen LogP contribution in [0.5, 0.6) is 5.75 Å². The molecular formula is C24H26N2O5S2. The van der Waals surface area contributed by atoms with Crippen LogP contribution in [0.4, 0.5) is 0 Å². The lowest BCUT2D eigenvalue weighted by Gasteiger charge is -2.32. The summed E-state index contributed by atoms with van der Waals surface area (Å²) in [5.74, 6) is -0.411. The van der Waals surface area contributed by atoms with Crippen LogP contribution in [0.3, 0.4) is 0 Å². The van der Waals surface area contributed by atoms with Crippen LogP contribution >= 0.6 is 11.3 Å². The molecule has 2 aromatic carbocycles. The topological polar surface area (TPSA) is 85.8 Å². The van der Waals surface area contributed by atoms with Gasteiger partial charge in [-0.05, 0) is 38.0 Å². The molecule has 1 fully saturated rings. The van der Waals surface area contributed by atoms with Gasteiger partial charge < -0.3 is 9.47 Å². The van der Waals surface area contributed by atoms with E-state index in [4.69, 9.17) is 9.47 Å². The Morgan fingerprint density at radius 1 is 1.18 bits per heavy atom. The molecule has 0 unspecified atom stereocenters. The highest BCUT2D eigenvalue weighted by Gasteiger charge is 2.33. The Hall–Kier alpha value is -2.75. The molecule has 0 bridgehead atoms. The maximum absolute atomic E-state index is 13.4. The molecule has 0 saturated carbocycles. The van der Waals surface area contributed by atoms with Gasteiger partial charge in [-0.1, -0.05) is 36.8 Å². The second kappa shape index (κ2) is 10.0. The van der Waals surface area contributed by atoms with Gasteiger partial charge in [-0.3, -0.25) is 0 Å². The van der Waals surface area contributed by atoms with Gasteiger partial charge in [0.1, 0.15) is 22.3 Å². The van der Waals surface area contributed by atoms with Gasteiger partial charge in [0.15, 0.2) is 0 Å². The van der Waals surface area contributed by atoms with Crippen molar-refractivity contribution in [2.75, 3.05) is 13.7 Å². The molecule has 174 valence electrons. The normalized spacial score (nSPS) is 17.0. The lowest BCUT2D eigenvalue weighted by Crippen LogP contribution is -2.42. The number of benzene rings is 2. The number of carbonyl (C=O) groups is 1. The minimum Gasteiger partial charge on any atom is -0.495 e. The summed E-state index contributed by atoms with van der Waals surface area (Å²) in [6.45, 7) is 2.35. The van der Waals surface area contributed by atoms with Gasteiger partial charge >= 0.3 is 5.97 Å². The first-order valence-corrected chi connectivity index (χ1v) is 13.1. The second-order valence-electron chi connectivity index (χ2n) is 7.91. The summed E-state index contributed by atoms with van der Waals surface area (Å²) >= 11 is 1.47. The van der Waals surface area contributed by atoms with Crippen molar-refractivity contribution in [1.82, 2.24) is 9.29 Å². The van der Waals surface area contributed by atoms with Gasteiger partial charge in [0.05, 0.1) is 18.4 Å². The van der Waals surface area contributed by atoms with Gasteiger partial charge in [0, 0.05) is 23.5 Å². The number of piperidine rings is 1. The van der Waals surface area contributed by atoms with Crippen LogP contribution in [0.15, 0.2) is 58.8 Å². The molecule has 4 rings (SSSR count). The first kappa shape index (κ1) is 23.4. The first-order chi connectivity index (χ1) is 15.9. The fourth-order valence-electron chi connectivity index (χ4n) is 3.87. The van der Waals surface area contributed by atoms with Gasteiger partial charge in [-0.15, -0.1) is 11.3 Å². The Bertz CT molecular complexity index is 1220. The van der Waals surface area contributed by atoms with E-state index in [2.05, 4.69) is 4.98 Å². The lowest BCUT2D eigenvalue weighted by atomic mass is 10.1. The van der Waals surface area contributed by atoms with Crippen molar-refractivity contribution in [3.8, 4) is 16.3 Å². The third-order valence-electron chi connectivity index (χ3n) is 5.65. The van der Waals surface area contributed by atoms with Gasteiger partial charge in [0.25, 0.3) is 0 Å². The van der Waals surface area contributed by atoms with Crippen LogP contribution in [-0.4, -0.2) is 43.4 Å². The number of thiazole rings is 1. The van der Waals surface area contributed by atoms with Crippen molar-refractivity contribution in [3.63, 3.8) is 0 Å². The van der Waals surface area contributed by atoms with Crippen molar-refractivity contribution in [3.05, 3.63) is 65.2 Å². The van der Waals surface area contributed by atoms with Crippen molar-refractivity contribution >= 4 is 27.3 Å². The highest BCUT2D eigenvalue weighted by Crippen LogP contribution is 2.32. The molecule has 33 heavy (non-hydrogen) atoms. The molecule has 1 atom stereocenters. The van der Waals surface area contributed by atoms with Crippen molar-refractivity contribution in [1.29, 1.82) is 0 Å². The smallest absolute Gasteiger partial charge is 0.338 e. The second-order valence-corrected chi connectivity index (χ2v) is 10.6. The lowest BCUT2D eigenvalue weighted by molar-refractivity contribution is 0.0468. The summed E-state index contributed by atoms with van der Waals surface area (Å²) in [7, 11) is -2.40. The zero-order chi connectivity index (χ0) is 23.4. The predicted molar refractivity (Wildman–Crippen MR) is 127 cm³/mol. The molecule has 7 nitrogen and oxygen atoms in total. The molecule has 0 amide bonds. The van der Waals surface area contributed by atoms with Gasteiger partial charge in [0.2, 0.25) is 10.0 Å². The largest absolute Gasteiger partial charge is 0.495 e. The number of hydrogen-bond donors (Lipinski definition) is 0. The van der Waals surface area contributed by atoms with Crippen molar-refractivity contribution in [2.45, 2.75) is 43.7 Å². The summed E-state index contributed by atoms with van der Waals surface area (Å²) in [5, 5.41) is 2.69. The average Bonchev–Trinajstić information content (AvgIpc) is 3.32. The molecule has 1 aromatic heterocycles. The van der Waals surface area contributed by atoms with Gasteiger partial charge in [-0.25, -0.2) is 18.2 Å². The zero-order valence-corrected chi connectivity index (χ0v) is 20.2. The van der Waals surface area contributed by atoms with Crippen molar-refractivity contribution in [2.24, 2.45) is 0 Å². The van der Waals surface area contributed by atoms with Crippen LogP contribution in [0.25, 0.3) is 10.6 Å². The molecule has 0 N–H and O–H groups in total. The van der Waals surface area contributed by atoms with E-state index in [-0.39, 0.29) is 28.9 Å². The molecular weight excluding hydrogens is 460 g/mol. The van der Waals surface area contributed by atoms with Gasteiger partial charge in [-0.2, -0.15) is 4.31 Å². The van der Waals surface area contributed by atoms with E-state index < -0.39 is 16.0 Å². The fraction of sp³-hybridized carbons (Fsp3) is 0.333. The van der Waals surface area contributed by atoms with Crippen LogP contribution in [0.1, 0.15) is 42.2 Å². The number of hydrogen-bond acceptors (Lipinski definition) is 7. The van der Waals surface area contributed by atoms with Crippen LogP contribution in [-0.2, 0) is 21.4 Å². The Morgan fingerprint density at radius 2 is 1.97 bits per heavy atom. The Balaban J connectivity index is 1.51. The van der Waals surface area contributed by atoms with E-state index in [1.54, 1.807) is 0 Å². The van der Waals surface area contributed by atoms with E-state index in [0.717, 1.165) is 29.8 Å². The van der Waals surface area contributed by atoms with E-state index in [1.807, 2.05) is 42.6 Å². The van der Waals surface area contributed by atoms with E-state index in [0.29, 0.717) is 12.2 Å². The minimum absolute atomic E-state index is 0.000557. The SMILES string of the molecule is COc1ccc(C(=O)OCc2csc(-c3ccccc3)n2)cc1S(=O)(=O)N1CCCC[C@@H]1C. The molecule has 1 aliphatic heterocycles. The predicted octanol–water partition coefficient (Wildman–Crippen LogP) is 4.74. The summed E-state index contributed by atoms with van der Waals surface area (Å²) in [5.41, 5.74) is 1.78. The van der Waals surface area contributed by atoms with Crippen LogP contribution < -0.4 is 4.74 Å². The van der Waals surface area contributed by atoms with Crippen LogP contribution in [0, 0.1) is 0 Å². The standard InChI is InChI=1S/C24H26N2O5S2/c1-17-8-6-7-13-26(17)33(28,29)22-14-19(11-12-21(22)30-2)24(27)31-15-20-16-32-23(25-20)18-9-4-3-5-10-18/h3-5,9-12,14,16-17H,6-8,13,15H2,1-2H3/t17-/m0/s1. The Labute approximate surface area is 198 Å². The zero-order valence-electron chi connectivity index (χ0n) is 18.6. The first-order valence-electron chi connectivity index (χ1n) is 10.8. The molecule has 9 heteroatoms. The molecule has 1 saturated heterocycles. The number of aromatic nitrogens is 1. The maximum Gasteiger partial charge on any atom is 0.338 e. The van der Waals surface area contributed by atoms with E-state index in [1.165, 1.54) is 41.0 Å². The number of ether oxygens (including phenoxy) is 2.